The van der Waals surface area contributed by atoms with Gasteiger partial charge in [0.15, 0.2) is 0 Å². The van der Waals surface area contributed by atoms with E-state index in [1.165, 1.54) is 17.0 Å². The highest BCUT2D eigenvalue weighted by Crippen LogP contribution is 2.20. The number of carbonyl (C=O) groups excluding carboxylic acids is 2. The van der Waals surface area contributed by atoms with Crippen LogP contribution in [0.4, 0.5) is 12.9 Å². The Kier molecular flexibility index (Phi) is 5.33. The summed E-state index contributed by atoms with van der Waals surface area (Å²) in [5.74, 6) is -1.26. The molecule has 2 rings (SSSR count). The third-order valence-corrected chi connectivity index (χ3v) is 3.84. The SMILES string of the molecule is CCOC(=O)[C@H]1CCCN(C(=O)c2cccc([B-](F)(F)F)c2)C1. The van der Waals surface area contributed by atoms with E-state index >= 15 is 0 Å². The van der Waals surface area contributed by atoms with Crippen molar-refractivity contribution in [2.45, 2.75) is 19.8 Å². The fourth-order valence-electron chi connectivity index (χ4n) is 2.67. The van der Waals surface area contributed by atoms with E-state index in [-0.39, 0.29) is 24.7 Å². The van der Waals surface area contributed by atoms with Gasteiger partial charge >= 0.3 is 12.9 Å². The molecule has 1 heterocycles. The van der Waals surface area contributed by atoms with Crippen LogP contribution in [-0.4, -0.2) is 43.5 Å². The normalized spacial score (nSPS) is 18.6. The summed E-state index contributed by atoms with van der Waals surface area (Å²) < 4.78 is 43.4. The molecule has 0 spiro atoms. The molecular weight excluding hydrogens is 310 g/mol. The first-order valence-corrected chi connectivity index (χ1v) is 7.58. The molecule has 1 saturated heterocycles. The monoisotopic (exact) mass is 328 g/mol. The lowest BCUT2D eigenvalue weighted by atomic mass is 9.79. The molecule has 1 aliphatic heterocycles. The molecule has 0 unspecified atom stereocenters. The van der Waals surface area contributed by atoms with Crippen molar-refractivity contribution in [2.75, 3.05) is 19.7 Å². The number of benzene rings is 1. The molecule has 1 amide bonds. The number of nitrogens with zero attached hydrogens (tertiary/aromatic N) is 1. The van der Waals surface area contributed by atoms with Crippen molar-refractivity contribution < 1.29 is 27.3 Å². The third kappa shape index (κ3) is 4.27. The minimum Gasteiger partial charge on any atom is -0.466 e. The minimum atomic E-state index is -5.15. The summed E-state index contributed by atoms with van der Waals surface area (Å²) in [7, 11) is 0. The zero-order valence-electron chi connectivity index (χ0n) is 12.8. The van der Waals surface area contributed by atoms with Crippen molar-refractivity contribution >= 4 is 24.3 Å². The molecule has 1 fully saturated rings. The van der Waals surface area contributed by atoms with E-state index in [0.29, 0.717) is 19.4 Å². The predicted octanol–water partition coefficient (Wildman–Crippen LogP) is 2.16. The van der Waals surface area contributed by atoms with Gasteiger partial charge in [0.05, 0.1) is 12.5 Å². The number of carbonyl (C=O) groups is 2. The van der Waals surface area contributed by atoms with E-state index in [9.17, 15) is 22.5 Å². The van der Waals surface area contributed by atoms with Crippen LogP contribution in [-0.2, 0) is 9.53 Å². The smallest absolute Gasteiger partial charge is 0.466 e. The Morgan fingerprint density at radius 2 is 2.09 bits per heavy atom. The first kappa shape index (κ1) is 17.4. The predicted molar refractivity (Wildman–Crippen MR) is 80.4 cm³/mol. The Labute approximate surface area is 132 Å². The van der Waals surface area contributed by atoms with Gasteiger partial charge < -0.3 is 22.6 Å². The second-order valence-electron chi connectivity index (χ2n) is 5.54. The second-order valence-corrected chi connectivity index (χ2v) is 5.54. The lowest BCUT2D eigenvalue weighted by Crippen LogP contribution is -2.43. The number of hydrogen-bond donors (Lipinski definition) is 0. The Balaban J connectivity index is 2.12. The average Bonchev–Trinajstić information content (AvgIpc) is 2.54. The summed E-state index contributed by atoms with van der Waals surface area (Å²) in [5, 5.41) is 0. The summed E-state index contributed by atoms with van der Waals surface area (Å²) in [6.45, 7) is -2.58. The third-order valence-electron chi connectivity index (χ3n) is 3.84. The van der Waals surface area contributed by atoms with Crippen LogP contribution in [0.5, 0.6) is 0 Å². The van der Waals surface area contributed by atoms with Crippen LogP contribution in [0, 0.1) is 5.92 Å². The van der Waals surface area contributed by atoms with Crippen molar-refractivity contribution in [3.05, 3.63) is 29.8 Å². The van der Waals surface area contributed by atoms with Gasteiger partial charge in [-0.05, 0) is 25.8 Å². The van der Waals surface area contributed by atoms with Crippen LogP contribution in [0.2, 0.25) is 0 Å². The molecule has 0 aromatic heterocycles. The summed E-state index contributed by atoms with van der Waals surface area (Å²) in [6.07, 6.45) is 1.24. The molecule has 126 valence electrons. The number of halogens is 3. The highest BCUT2D eigenvalue weighted by atomic mass is 19.4. The number of piperidine rings is 1. The highest BCUT2D eigenvalue weighted by molar-refractivity contribution is 6.73. The molecule has 23 heavy (non-hydrogen) atoms. The Morgan fingerprint density at radius 3 is 2.74 bits per heavy atom. The number of amides is 1. The molecule has 0 aliphatic carbocycles. The van der Waals surface area contributed by atoms with Crippen molar-refractivity contribution in [1.29, 1.82) is 0 Å². The molecule has 1 aromatic carbocycles. The maximum Gasteiger partial charge on any atom is 0.509 e. The fourth-order valence-corrected chi connectivity index (χ4v) is 2.67. The minimum absolute atomic E-state index is 0.00814. The fraction of sp³-hybridized carbons (Fsp3) is 0.467. The molecule has 0 N–H and O–H groups in total. The molecule has 4 nitrogen and oxygen atoms in total. The number of likely N-dealkylation sites (tertiary alicyclic amines) is 1. The van der Waals surface area contributed by atoms with Crippen LogP contribution in [0.15, 0.2) is 24.3 Å². The molecule has 1 aliphatic rings. The van der Waals surface area contributed by atoms with Crippen LogP contribution in [0.3, 0.4) is 0 Å². The van der Waals surface area contributed by atoms with E-state index < -0.39 is 24.3 Å². The zero-order valence-corrected chi connectivity index (χ0v) is 12.8. The first-order chi connectivity index (χ1) is 10.8. The van der Waals surface area contributed by atoms with Gasteiger partial charge in [0.25, 0.3) is 5.91 Å². The van der Waals surface area contributed by atoms with E-state index in [2.05, 4.69) is 0 Å². The van der Waals surface area contributed by atoms with Gasteiger partial charge in [-0.15, -0.1) is 5.46 Å². The van der Waals surface area contributed by atoms with Gasteiger partial charge in [0.2, 0.25) is 0 Å². The van der Waals surface area contributed by atoms with Gasteiger partial charge in [-0.2, -0.15) is 0 Å². The zero-order chi connectivity index (χ0) is 17.0. The number of rotatable bonds is 4. The molecule has 0 saturated carbocycles. The van der Waals surface area contributed by atoms with Crippen molar-refractivity contribution in [3.63, 3.8) is 0 Å². The standard InChI is InChI=1S/C15H18BF3NO3/c1-2-23-15(22)12-6-4-8-20(10-12)14(21)11-5-3-7-13(9-11)16(17,18)19/h3,5,7,9,12H,2,4,6,8,10H2,1H3/q-1/t12-/m0/s1. The lowest BCUT2D eigenvalue weighted by Gasteiger charge is -2.31. The number of ether oxygens (including phenoxy) is 1. The van der Waals surface area contributed by atoms with Crippen LogP contribution in [0.1, 0.15) is 30.1 Å². The lowest BCUT2D eigenvalue weighted by molar-refractivity contribution is -0.149. The van der Waals surface area contributed by atoms with E-state index in [0.717, 1.165) is 12.1 Å². The molecule has 0 bridgehead atoms. The summed E-state index contributed by atoms with van der Waals surface area (Å²) in [4.78, 5) is 25.6. The summed E-state index contributed by atoms with van der Waals surface area (Å²) in [6, 6.07) is 4.41. The molecular formula is C15H18BF3NO3-. The number of hydrogen-bond acceptors (Lipinski definition) is 3. The van der Waals surface area contributed by atoms with Crippen LogP contribution < -0.4 is 5.46 Å². The Morgan fingerprint density at radius 1 is 1.35 bits per heavy atom. The summed E-state index contributed by atoms with van der Waals surface area (Å²) in [5.41, 5.74) is -0.805. The number of esters is 1. The van der Waals surface area contributed by atoms with E-state index in [1.807, 2.05) is 0 Å². The van der Waals surface area contributed by atoms with E-state index in [1.54, 1.807) is 6.92 Å². The second kappa shape index (κ2) is 7.06. The van der Waals surface area contributed by atoms with Gasteiger partial charge in [0, 0.05) is 18.7 Å². The van der Waals surface area contributed by atoms with E-state index in [4.69, 9.17) is 4.74 Å². The molecule has 8 heteroatoms. The van der Waals surface area contributed by atoms with Gasteiger partial charge in [-0.1, -0.05) is 18.2 Å². The maximum atomic E-state index is 12.8. The summed E-state index contributed by atoms with van der Waals surface area (Å²) >= 11 is 0. The molecule has 1 aromatic rings. The van der Waals surface area contributed by atoms with Gasteiger partial charge in [-0.25, -0.2) is 0 Å². The van der Waals surface area contributed by atoms with Gasteiger partial charge in [0.1, 0.15) is 0 Å². The molecule has 1 atom stereocenters. The largest absolute Gasteiger partial charge is 0.509 e. The average molecular weight is 328 g/mol. The van der Waals surface area contributed by atoms with Crippen molar-refractivity contribution in [2.24, 2.45) is 5.92 Å². The van der Waals surface area contributed by atoms with Crippen molar-refractivity contribution in [3.8, 4) is 0 Å². The Bertz CT molecular complexity index is 592. The highest BCUT2D eigenvalue weighted by Gasteiger charge is 2.31. The van der Waals surface area contributed by atoms with Crippen molar-refractivity contribution in [1.82, 2.24) is 4.90 Å². The van der Waals surface area contributed by atoms with Crippen LogP contribution in [0.25, 0.3) is 0 Å². The Hall–Kier alpha value is -1.99. The first-order valence-electron chi connectivity index (χ1n) is 7.58. The van der Waals surface area contributed by atoms with Crippen LogP contribution >= 0.6 is 0 Å². The topological polar surface area (TPSA) is 46.6 Å². The van der Waals surface area contributed by atoms with Gasteiger partial charge in [-0.3, -0.25) is 9.59 Å². The maximum absolute atomic E-state index is 12.8. The quantitative estimate of drug-likeness (QED) is 0.629. The molecule has 0 radical (unpaired) electrons.